The molecule has 0 fully saturated rings. The first-order valence-electron chi connectivity index (χ1n) is 9.89. The fraction of sp³-hybridized carbons (Fsp3) is 0.240. The molecule has 29 heavy (non-hydrogen) atoms. The van der Waals surface area contributed by atoms with Gasteiger partial charge in [0.25, 0.3) is 0 Å². The summed E-state index contributed by atoms with van der Waals surface area (Å²) in [6.07, 6.45) is 3.62. The largest absolute Gasteiger partial charge is 0.497 e. The molecule has 0 radical (unpaired) electrons. The van der Waals surface area contributed by atoms with E-state index in [9.17, 15) is 4.79 Å². The van der Waals surface area contributed by atoms with Crippen molar-refractivity contribution in [3.8, 4) is 17.0 Å². The van der Waals surface area contributed by atoms with Crippen molar-refractivity contribution >= 4 is 5.78 Å². The molecule has 0 atom stereocenters. The number of rotatable bonds is 5. The minimum atomic E-state index is 0.135. The Morgan fingerprint density at radius 1 is 1.03 bits per heavy atom. The zero-order valence-electron chi connectivity index (χ0n) is 17.2. The monoisotopic (exact) mass is 386 g/mol. The molecule has 0 N–H and O–H groups in total. The van der Waals surface area contributed by atoms with E-state index in [0.717, 1.165) is 52.2 Å². The zero-order chi connectivity index (χ0) is 20.4. The highest BCUT2D eigenvalue weighted by atomic mass is 16.5. The van der Waals surface area contributed by atoms with Crippen molar-refractivity contribution in [1.82, 2.24) is 9.47 Å². The van der Waals surface area contributed by atoms with E-state index in [-0.39, 0.29) is 5.78 Å². The average Bonchev–Trinajstić information content (AvgIpc) is 3.10. The second-order valence-electron chi connectivity index (χ2n) is 7.65. The van der Waals surface area contributed by atoms with Crippen LogP contribution in [0.3, 0.4) is 0 Å². The van der Waals surface area contributed by atoms with Crippen molar-refractivity contribution in [2.45, 2.75) is 19.4 Å². The summed E-state index contributed by atoms with van der Waals surface area (Å²) < 4.78 is 7.46. The second kappa shape index (κ2) is 8.00. The number of carbonyl (C=O) groups excluding carboxylic acids is 1. The lowest BCUT2D eigenvalue weighted by Gasteiger charge is -2.20. The lowest BCUT2D eigenvalue weighted by Crippen LogP contribution is -2.20. The van der Waals surface area contributed by atoms with Crippen molar-refractivity contribution < 1.29 is 9.53 Å². The molecule has 4 heteroatoms. The molecule has 1 aliphatic rings. The third kappa shape index (κ3) is 3.83. The summed E-state index contributed by atoms with van der Waals surface area (Å²) in [5.41, 5.74) is 6.18. The summed E-state index contributed by atoms with van der Waals surface area (Å²) >= 11 is 0. The standard InChI is InChI=1S/C25H26N2O2/c1-26(2)17-21-12-11-20-15-23(19-7-5-4-6-8-19)27(24(20)25(21)28)16-18-9-13-22(29-3)14-10-18/h4-10,13-15,17H,11-12,16H2,1-3H3/b21-17-. The third-order valence-corrected chi connectivity index (χ3v) is 5.33. The van der Waals surface area contributed by atoms with E-state index in [1.54, 1.807) is 7.11 Å². The molecule has 0 spiro atoms. The molecule has 0 saturated carbocycles. The average molecular weight is 386 g/mol. The molecule has 1 aliphatic carbocycles. The molecule has 2 aromatic carbocycles. The SMILES string of the molecule is COc1ccc(Cn2c(-c3ccccc3)cc3c2C(=O)/C(=C\N(C)C)CC3)cc1. The van der Waals surface area contributed by atoms with Crippen LogP contribution in [0.25, 0.3) is 11.3 Å². The molecular weight excluding hydrogens is 360 g/mol. The van der Waals surface area contributed by atoms with Crippen LogP contribution < -0.4 is 4.74 Å². The van der Waals surface area contributed by atoms with Crippen LogP contribution in [0.2, 0.25) is 0 Å². The molecule has 4 rings (SSSR count). The Hall–Kier alpha value is -3.27. The number of nitrogens with zero attached hydrogens (tertiary/aromatic N) is 2. The Kier molecular flexibility index (Phi) is 5.26. The van der Waals surface area contributed by atoms with Gasteiger partial charge in [0.1, 0.15) is 5.75 Å². The van der Waals surface area contributed by atoms with E-state index < -0.39 is 0 Å². The molecule has 148 valence electrons. The van der Waals surface area contributed by atoms with Crippen LogP contribution in [0.15, 0.2) is 72.4 Å². The quantitative estimate of drug-likeness (QED) is 0.592. The van der Waals surface area contributed by atoms with Crippen LogP contribution >= 0.6 is 0 Å². The smallest absolute Gasteiger partial charge is 0.207 e. The first-order chi connectivity index (χ1) is 14.1. The summed E-state index contributed by atoms with van der Waals surface area (Å²) in [6.45, 7) is 0.643. The Morgan fingerprint density at radius 3 is 2.41 bits per heavy atom. The highest BCUT2D eigenvalue weighted by molar-refractivity contribution is 6.10. The van der Waals surface area contributed by atoms with E-state index in [1.807, 2.05) is 55.5 Å². The second-order valence-corrected chi connectivity index (χ2v) is 7.65. The number of fused-ring (bicyclic) bond motifs is 1. The summed E-state index contributed by atoms with van der Waals surface area (Å²) in [6, 6.07) is 20.5. The van der Waals surface area contributed by atoms with Crippen molar-refractivity contribution in [1.29, 1.82) is 0 Å². The van der Waals surface area contributed by atoms with Gasteiger partial charge < -0.3 is 14.2 Å². The first-order valence-corrected chi connectivity index (χ1v) is 9.89. The lowest BCUT2D eigenvalue weighted by atomic mass is 9.92. The van der Waals surface area contributed by atoms with Gasteiger partial charge in [-0.2, -0.15) is 0 Å². The number of ether oxygens (including phenoxy) is 1. The van der Waals surface area contributed by atoms with E-state index in [4.69, 9.17) is 4.74 Å². The third-order valence-electron chi connectivity index (χ3n) is 5.33. The molecular formula is C25H26N2O2. The Morgan fingerprint density at radius 2 is 1.76 bits per heavy atom. The molecule has 4 nitrogen and oxygen atoms in total. The number of carbonyl (C=O) groups is 1. The van der Waals surface area contributed by atoms with Gasteiger partial charge in [-0.1, -0.05) is 42.5 Å². The number of Topliss-reactive ketones (excluding diaryl/α,β-unsaturated/α-hetero) is 1. The lowest BCUT2D eigenvalue weighted by molar-refractivity contribution is 0.101. The van der Waals surface area contributed by atoms with Crippen molar-refractivity contribution in [3.63, 3.8) is 0 Å². The predicted molar refractivity (Wildman–Crippen MR) is 116 cm³/mol. The minimum absolute atomic E-state index is 0.135. The number of allylic oxidation sites excluding steroid dienone is 1. The van der Waals surface area contributed by atoms with Crippen LogP contribution in [-0.2, 0) is 13.0 Å². The maximum absolute atomic E-state index is 13.4. The number of aromatic nitrogens is 1. The maximum Gasteiger partial charge on any atom is 0.207 e. The van der Waals surface area contributed by atoms with E-state index in [1.165, 1.54) is 0 Å². The van der Waals surface area contributed by atoms with Gasteiger partial charge in [-0.25, -0.2) is 0 Å². The fourth-order valence-electron chi connectivity index (χ4n) is 3.96. The van der Waals surface area contributed by atoms with E-state index >= 15 is 0 Å². The normalized spacial score (nSPS) is 14.7. The molecule has 0 unspecified atom stereocenters. The van der Waals surface area contributed by atoms with Crippen LogP contribution in [0, 0.1) is 0 Å². The van der Waals surface area contributed by atoms with Gasteiger partial charge in [-0.15, -0.1) is 0 Å². The highest BCUT2D eigenvalue weighted by Gasteiger charge is 2.28. The van der Waals surface area contributed by atoms with Gasteiger partial charge in [0.05, 0.1) is 12.8 Å². The maximum atomic E-state index is 13.4. The van der Waals surface area contributed by atoms with Crippen LogP contribution in [0.5, 0.6) is 5.75 Å². The zero-order valence-corrected chi connectivity index (χ0v) is 17.2. The number of hydrogen-bond acceptors (Lipinski definition) is 3. The van der Waals surface area contributed by atoms with Crippen molar-refractivity contribution in [3.05, 3.63) is 89.3 Å². The number of hydrogen-bond donors (Lipinski definition) is 0. The summed E-state index contributed by atoms with van der Waals surface area (Å²) in [4.78, 5) is 15.3. The molecule has 3 aromatic rings. The Balaban J connectivity index is 1.82. The van der Waals surface area contributed by atoms with Crippen LogP contribution in [-0.4, -0.2) is 36.5 Å². The number of benzene rings is 2. The number of ketones is 1. The number of methoxy groups -OCH3 is 1. The van der Waals surface area contributed by atoms with Gasteiger partial charge in [0.2, 0.25) is 5.78 Å². The van der Waals surface area contributed by atoms with Gasteiger partial charge in [0.15, 0.2) is 0 Å². The van der Waals surface area contributed by atoms with Crippen molar-refractivity contribution in [2.24, 2.45) is 0 Å². The topological polar surface area (TPSA) is 34.5 Å². The molecule has 0 bridgehead atoms. The predicted octanol–water partition coefficient (Wildman–Crippen LogP) is 4.79. The minimum Gasteiger partial charge on any atom is -0.497 e. The van der Waals surface area contributed by atoms with E-state index in [0.29, 0.717) is 6.54 Å². The van der Waals surface area contributed by atoms with Gasteiger partial charge >= 0.3 is 0 Å². The molecule has 0 amide bonds. The number of aryl methyl sites for hydroxylation is 1. The van der Waals surface area contributed by atoms with Crippen LogP contribution in [0.1, 0.15) is 28.0 Å². The van der Waals surface area contributed by atoms with Crippen LogP contribution in [0.4, 0.5) is 0 Å². The van der Waals surface area contributed by atoms with Gasteiger partial charge in [-0.05, 0) is 47.7 Å². The molecule has 1 aromatic heterocycles. The summed E-state index contributed by atoms with van der Waals surface area (Å²) in [7, 11) is 5.59. The summed E-state index contributed by atoms with van der Waals surface area (Å²) in [5.74, 6) is 0.967. The Bertz CT molecular complexity index is 1040. The first kappa shape index (κ1) is 19.1. The molecule has 0 saturated heterocycles. The molecule has 1 heterocycles. The fourth-order valence-corrected chi connectivity index (χ4v) is 3.96. The van der Waals surface area contributed by atoms with Gasteiger partial charge in [-0.3, -0.25) is 4.79 Å². The molecule has 0 aliphatic heterocycles. The summed E-state index contributed by atoms with van der Waals surface area (Å²) in [5, 5.41) is 0. The van der Waals surface area contributed by atoms with Crippen molar-refractivity contribution in [2.75, 3.05) is 21.2 Å². The van der Waals surface area contributed by atoms with Gasteiger partial charge in [0, 0.05) is 38.1 Å². The highest BCUT2D eigenvalue weighted by Crippen LogP contribution is 2.34. The Labute approximate surface area is 172 Å². The van der Waals surface area contributed by atoms with E-state index in [2.05, 4.69) is 34.9 Å².